The van der Waals surface area contributed by atoms with Crippen molar-refractivity contribution in [2.24, 2.45) is 11.8 Å². The molecule has 86 valence electrons. The maximum Gasteiger partial charge on any atom is 0.0115 e. The number of rotatable bonds is 2. The fourth-order valence-corrected chi connectivity index (χ4v) is 2.44. The van der Waals surface area contributed by atoms with Crippen molar-refractivity contribution in [2.75, 3.05) is 13.6 Å². The van der Waals surface area contributed by atoms with Crippen LogP contribution >= 0.6 is 0 Å². The van der Waals surface area contributed by atoms with Gasteiger partial charge < -0.3 is 4.90 Å². The normalized spacial score (nSPS) is 28.5. The van der Waals surface area contributed by atoms with Crippen molar-refractivity contribution in [1.29, 1.82) is 0 Å². The van der Waals surface area contributed by atoms with E-state index in [0.717, 1.165) is 17.9 Å². The van der Waals surface area contributed by atoms with Gasteiger partial charge in [0, 0.05) is 12.6 Å². The summed E-state index contributed by atoms with van der Waals surface area (Å²) in [6.07, 6.45) is 4.21. The molecule has 2 unspecified atom stereocenters. The number of likely N-dealkylation sites (tertiary alicyclic amines) is 1. The van der Waals surface area contributed by atoms with Gasteiger partial charge >= 0.3 is 0 Å². The van der Waals surface area contributed by atoms with Crippen LogP contribution in [0.5, 0.6) is 0 Å². The van der Waals surface area contributed by atoms with Crippen LogP contribution in [0.3, 0.4) is 0 Å². The third-order valence-corrected chi connectivity index (χ3v) is 3.33. The van der Waals surface area contributed by atoms with E-state index >= 15 is 0 Å². The lowest BCUT2D eigenvalue weighted by Gasteiger charge is -2.39. The molecule has 1 rings (SSSR count). The second-order valence-electron chi connectivity index (χ2n) is 4.60. The monoisotopic (exact) mass is 199 g/mol. The Morgan fingerprint density at radius 1 is 1.21 bits per heavy atom. The molecule has 0 aromatic rings. The standard InChI is InChI=1S/C11H23N.C2H6/c1-5-10-6-7-11(9(2)3)12(4)8-10;1-2/h9-11H,5-8H2,1-4H3;1-2H3. The van der Waals surface area contributed by atoms with Crippen molar-refractivity contribution in [2.45, 2.75) is 59.9 Å². The van der Waals surface area contributed by atoms with Gasteiger partial charge in [0.2, 0.25) is 0 Å². The van der Waals surface area contributed by atoms with Gasteiger partial charge in [-0.15, -0.1) is 0 Å². The molecule has 0 bridgehead atoms. The van der Waals surface area contributed by atoms with Crippen molar-refractivity contribution >= 4 is 0 Å². The van der Waals surface area contributed by atoms with Crippen LogP contribution in [-0.2, 0) is 0 Å². The molecule has 1 heteroatoms. The SMILES string of the molecule is CC.CCC1CCC(C(C)C)N(C)C1. The van der Waals surface area contributed by atoms with E-state index in [9.17, 15) is 0 Å². The largest absolute Gasteiger partial charge is 0.303 e. The van der Waals surface area contributed by atoms with E-state index in [-0.39, 0.29) is 0 Å². The van der Waals surface area contributed by atoms with Gasteiger partial charge in [-0.1, -0.05) is 41.0 Å². The quantitative estimate of drug-likeness (QED) is 0.654. The Morgan fingerprint density at radius 2 is 1.79 bits per heavy atom. The Kier molecular flexibility index (Phi) is 7.26. The van der Waals surface area contributed by atoms with Gasteiger partial charge in [-0.05, 0) is 31.7 Å². The van der Waals surface area contributed by atoms with Gasteiger partial charge in [-0.25, -0.2) is 0 Å². The average molecular weight is 199 g/mol. The Morgan fingerprint density at radius 3 is 2.14 bits per heavy atom. The Labute approximate surface area is 90.9 Å². The zero-order valence-corrected chi connectivity index (χ0v) is 11.0. The second kappa shape index (κ2) is 7.28. The molecule has 1 nitrogen and oxygen atoms in total. The van der Waals surface area contributed by atoms with Crippen molar-refractivity contribution in [3.63, 3.8) is 0 Å². The summed E-state index contributed by atoms with van der Waals surface area (Å²) in [6.45, 7) is 12.3. The van der Waals surface area contributed by atoms with Crippen molar-refractivity contribution in [1.82, 2.24) is 4.90 Å². The van der Waals surface area contributed by atoms with E-state index in [2.05, 4.69) is 32.7 Å². The Balaban J connectivity index is 0.000000791. The molecule has 1 saturated heterocycles. The number of nitrogens with zero attached hydrogens (tertiary/aromatic N) is 1. The molecule has 1 aliphatic rings. The lowest BCUT2D eigenvalue weighted by atomic mass is 9.86. The summed E-state index contributed by atoms with van der Waals surface area (Å²) in [5, 5.41) is 0. The van der Waals surface area contributed by atoms with Crippen LogP contribution in [0.25, 0.3) is 0 Å². The molecule has 1 fully saturated rings. The van der Waals surface area contributed by atoms with E-state index in [4.69, 9.17) is 0 Å². The smallest absolute Gasteiger partial charge is 0.0115 e. The molecule has 0 radical (unpaired) electrons. The molecule has 0 aliphatic carbocycles. The second-order valence-corrected chi connectivity index (χ2v) is 4.60. The third kappa shape index (κ3) is 4.00. The first-order valence-corrected chi connectivity index (χ1v) is 6.35. The van der Waals surface area contributed by atoms with Crippen molar-refractivity contribution in [3.8, 4) is 0 Å². The minimum absolute atomic E-state index is 0.827. The topological polar surface area (TPSA) is 3.24 Å². The minimum atomic E-state index is 0.827. The first-order valence-electron chi connectivity index (χ1n) is 6.35. The average Bonchev–Trinajstić information content (AvgIpc) is 2.20. The molecule has 0 amide bonds. The first-order chi connectivity index (χ1) is 6.65. The summed E-state index contributed by atoms with van der Waals surface area (Å²) in [5.74, 6) is 1.79. The van der Waals surface area contributed by atoms with Gasteiger partial charge in [0.05, 0.1) is 0 Å². The highest BCUT2D eigenvalue weighted by atomic mass is 15.1. The van der Waals surface area contributed by atoms with E-state index in [1.807, 2.05) is 13.8 Å². The highest BCUT2D eigenvalue weighted by Crippen LogP contribution is 2.26. The summed E-state index contributed by atoms with van der Waals surface area (Å²) in [7, 11) is 2.28. The number of hydrogen-bond donors (Lipinski definition) is 0. The molecule has 14 heavy (non-hydrogen) atoms. The van der Waals surface area contributed by atoms with E-state index in [1.54, 1.807) is 0 Å². The zero-order valence-electron chi connectivity index (χ0n) is 11.0. The van der Waals surface area contributed by atoms with E-state index < -0.39 is 0 Å². The highest BCUT2D eigenvalue weighted by Gasteiger charge is 2.26. The molecule has 0 N–H and O–H groups in total. The lowest BCUT2D eigenvalue weighted by molar-refractivity contribution is 0.103. The molecular weight excluding hydrogens is 170 g/mol. The van der Waals surface area contributed by atoms with E-state index in [0.29, 0.717) is 0 Å². The molecule has 1 aliphatic heterocycles. The van der Waals surface area contributed by atoms with Crippen LogP contribution in [-0.4, -0.2) is 24.5 Å². The van der Waals surface area contributed by atoms with Crippen LogP contribution in [0.15, 0.2) is 0 Å². The summed E-state index contributed by atoms with van der Waals surface area (Å²) >= 11 is 0. The van der Waals surface area contributed by atoms with Crippen LogP contribution in [0.4, 0.5) is 0 Å². The van der Waals surface area contributed by atoms with Crippen LogP contribution < -0.4 is 0 Å². The van der Waals surface area contributed by atoms with Gasteiger partial charge in [-0.3, -0.25) is 0 Å². The third-order valence-electron chi connectivity index (χ3n) is 3.33. The van der Waals surface area contributed by atoms with Crippen LogP contribution in [0, 0.1) is 11.8 Å². The highest BCUT2D eigenvalue weighted by molar-refractivity contribution is 4.80. The molecule has 2 atom stereocenters. The molecule has 1 heterocycles. The summed E-state index contributed by atoms with van der Waals surface area (Å²) in [6, 6.07) is 0.841. The Bertz CT molecular complexity index is 131. The summed E-state index contributed by atoms with van der Waals surface area (Å²) < 4.78 is 0. The zero-order chi connectivity index (χ0) is 11.1. The number of hydrogen-bond acceptors (Lipinski definition) is 1. The molecule has 0 spiro atoms. The predicted octanol–water partition coefficient (Wildman–Crippen LogP) is 3.79. The maximum absolute atomic E-state index is 2.56. The fraction of sp³-hybridized carbons (Fsp3) is 1.00. The Hall–Kier alpha value is -0.0400. The van der Waals surface area contributed by atoms with Crippen LogP contribution in [0.2, 0.25) is 0 Å². The summed E-state index contributed by atoms with van der Waals surface area (Å²) in [4.78, 5) is 2.56. The van der Waals surface area contributed by atoms with Gasteiger partial charge in [0.15, 0.2) is 0 Å². The molecular formula is C13H29N. The van der Waals surface area contributed by atoms with Gasteiger partial charge in [0.25, 0.3) is 0 Å². The molecule has 0 aromatic carbocycles. The minimum Gasteiger partial charge on any atom is -0.303 e. The van der Waals surface area contributed by atoms with Gasteiger partial charge in [0.1, 0.15) is 0 Å². The molecule has 0 aromatic heterocycles. The van der Waals surface area contributed by atoms with Crippen molar-refractivity contribution < 1.29 is 0 Å². The first kappa shape index (κ1) is 14.0. The van der Waals surface area contributed by atoms with E-state index in [1.165, 1.54) is 25.8 Å². The predicted molar refractivity (Wildman–Crippen MR) is 65.6 cm³/mol. The van der Waals surface area contributed by atoms with Crippen LogP contribution in [0.1, 0.15) is 53.9 Å². The summed E-state index contributed by atoms with van der Waals surface area (Å²) in [5.41, 5.74) is 0. The molecule has 0 saturated carbocycles. The van der Waals surface area contributed by atoms with Crippen molar-refractivity contribution in [3.05, 3.63) is 0 Å². The lowest BCUT2D eigenvalue weighted by Crippen LogP contribution is -2.43. The fourth-order valence-electron chi connectivity index (χ4n) is 2.44. The van der Waals surface area contributed by atoms with Gasteiger partial charge in [-0.2, -0.15) is 0 Å². The number of piperidine rings is 1. The maximum atomic E-state index is 2.56.